The van der Waals surface area contributed by atoms with E-state index in [-0.39, 0.29) is 30.1 Å². The first-order valence-corrected chi connectivity index (χ1v) is 10.9. The van der Waals surface area contributed by atoms with E-state index in [1.807, 2.05) is 13.0 Å². The maximum absolute atomic E-state index is 12.4. The highest BCUT2D eigenvalue weighted by molar-refractivity contribution is 6.05. The first kappa shape index (κ1) is 25.4. The van der Waals surface area contributed by atoms with Crippen LogP contribution in [0.5, 0.6) is 11.5 Å². The second-order valence-corrected chi connectivity index (χ2v) is 8.19. The molecular weight excluding hydrogens is 451 g/mol. The smallest absolute Gasteiger partial charge is 0.422 e. The number of halogens is 3. The van der Waals surface area contributed by atoms with Crippen LogP contribution in [0.25, 0.3) is 0 Å². The average molecular weight is 479 g/mol. The first-order chi connectivity index (χ1) is 16.0. The minimum atomic E-state index is -4.43. The summed E-state index contributed by atoms with van der Waals surface area (Å²) in [5, 5.41) is 3.29. The van der Waals surface area contributed by atoms with Crippen molar-refractivity contribution in [2.45, 2.75) is 38.9 Å². The van der Waals surface area contributed by atoms with Gasteiger partial charge in [-0.3, -0.25) is 9.59 Å². The Kier molecular flexibility index (Phi) is 8.03. The van der Waals surface area contributed by atoms with E-state index in [9.17, 15) is 22.8 Å². The van der Waals surface area contributed by atoms with Gasteiger partial charge in [-0.25, -0.2) is 0 Å². The fraction of sp³-hybridized carbons (Fsp3) is 0.417. The molecule has 0 saturated heterocycles. The van der Waals surface area contributed by atoms with Crippen molar-refractivity contribution < 1.29 is 32.2 Å². The summed E-state index contributed by atoms with van der Waals surface area (Å²) in [5.41, 5.74) is 8.36. The molecule has 3 rings (SSSR count). The summed E-state index contributed by atoms with van der Waals surface area (Å²) in [6, 6.07) is 9.95. The molecule has 184 valence electrons. The number of para-hydroxylation sites is 2. The van der Waals surface area contributed by atoms with Crippen molar-refractivity contribution in [1.29, 1.82) is 0 Å². The normalized spacial score (nSPS) is 14.0. The number of nitrogens with two attached hydrogens (primary N) is 1. The second kappa shape index (κ2) is 10.8. The number of nitrogens with zero attached hydrogens (tertiary/aromatic N) is 1. The molecule has 0 aromatic heterocycles. The van der Waals surface area contributed by atoms with E-state index in [0.717, 1.165) is 11.1 Å². The fourth-order valence-corrected chi connectivity index (χ4v) is 3.97. The van der Waals surface area contributed by atoms with Gasteiger partial charge >= 0.3 is 6.18 Å². The number of alkyl halides is 3. The lowest BCUT2D eigenvalue weighted by Gasteiger charge is -2.20. The summed E-state index contributed by atoms with van der Waals surface area (Å²) < 4.78 is 47.7. The fourth-order valence-electron chi connectivity index (χ4n) is 3.97. The van der Waals surface area contributed by atoms with E-state index in [1.54, 1.807) is 29.2 Å². The number of hydrogen-bond acceptors (Lipinski definition) is 5. The lowest BCUT2D eigenvalue weighted by Crippen LogP contribution is -2.32. The van der Waals surface area contributed by atoms with Crippen molar-refractivity contribution in [3.05, 3.63) is 53.1 Å². The van der Waals surface area contributed by atoms with E-state index in [0.29, 0.717) is 37.2 Å². The Bertz CT molecular complexity index is 1040. The van der Waals surface area contributed by atoms with Crippen molar-refractivity contribution in [3.8, 4) is 11.5 Å². The topological polar surface area (TPSA) is 93.9 Å². The van der Waals surface area contributed by atoms with Gasteiger partial charge in [-0.05, 0) is 49.1 Å². The van der Waals surface area contributed by atoms with Crippen LogP contribution in [-0.4, -0.2) is 50.3 Å². The van der Waals surface area contributed by atoms with Crippen molar-refractivity contribution in [2.75, 3.05) is 31.2 Å². The Morgan fingerprint density at radius 1 is 1.18 bits per heavy atom. The Balaban J connectivity index is 1.55. The van der Waals surface area contributed by atoms with E-state index < -0.39 is 18.7 Å². The van der Waals surface area contributed by atoms with Crippen molar-refractivity contribution in [2.24, 2.45) is 5.73 Å². The van der Waals surface area contributed by atoms with Crippen LogP contribution in [0.4, 0.5) is 18.9 Å². The van der Waals surface area contributed by atoms with Gasteiger partial charge < -0.3 is 25.4 Å². The maximum Gasteiger partial charge on any atom is 0.422 e. The van der Waals surface area contributed by atoms with Crippen LogP contribution in [0.3, 0.4) is 0 Å². The molecule has 2 aromatic rings. The van der Waals surface area contributed by atoms with Crippen LogP contribution in [0.2, 0.25) is 0 Å². The molecule has 34 heavy (non-hydrogen) atoms. The predicted octanol–water partition coefficient (Wildman–Crippen LogP) is 3.24. The van der Waals surface area contributed by atoms with Gasteiger partial charge in [0.25, 0.3) is 5.91 Å². The number of primary amides is 1. The average Bonchev–Trinajstić information content (AvgIpc) is 3.19. The third-order valence-electron chi connectivity index (χ3n) is 5.40. The number of rotatable bonds is 10. The molecule has 2 aromatic carbocycles. The molecule has 1 unspecified atom stereocenters. The number of carbonyl (C=O) groups excluding carboxylic acids is 2. The summed E-state index contributed by atoms with van der Waals surface area (Å²) in [5.74, 6) is -0.438. The van der Waals surface area contributed by atoms with Crippen LogP contribution >= 0.6 is 0 Å². The molecule has 0 aliphatic carbocycles. The second-order valence-electron chi connectivity index (χ2n) is 8.19. The van der Waals surface area contributed by atoms with Gasteiger partial charge in [0.1, 0.15) is 6.61 Å². The van der Waals surface area contributed by atoms with Gasteiger partial charge in [-0.15, -0.1) is 0 Å². The Hall–Kier alpha value is -3.27. The minimum Gasteiger partial charge on any atom is -0.488 e. The number of carbonyl (C=O) groups is 2. The van der Waals surface area contributed by atoms with Crippen LogP contribution < -0.4 is 25.4 Å². The first-order valence-electron chi connectivity index (χ1n) is 10.9. The highest BCUT2D eigenvalue weighted by Crippen LogP contribution is 2.33. The molecule has 2 amide bonds. The van der Waals surface area contributed by atoms with Gasteiger partial charge in [0.15, 0.2) is 18.1 Å². The molecule has 0 radical (unpaired) electrons. The standard InChI is InChI=1S/C24H28F3N3O4/c1-15(29-8-10-33-20-5-3-4-6-21(20)34-14-24(25,26)27)11-17-12-18-7-9-30(16(2)31)22(18)19(13-17)23(28)32/h3-6,12-13,15,29H,7-11,14H2,1-2H3,(H2,28,32). The van der Waals surface area contributed by atoms with Crippen molar-refractivity contribution in [3.63, 3.8) is 0 Å². The number of ether oxygens (including phenoxy) is 2. The maximum atomic E-state index is 12.4. The zero-order valence-electron chi connectivity index (χ0n) is 19.1. The lowest BCUT2D eigenvalue weighted by molar-refractivity contribution is -0.153. The Morgan fingerprint density at radius 3 is 2.47 bits per heavy atom. The zero-order chi connectivity index (χ0) is 24.9. The van der Waals surface area contributed by atoms with E-state index in [4.69, 9.17) is 15.2 Å². The van der Waals surface area contributed by atoms with E-state index in [2.05, 4.69) is 5.32 Å². The van der Waals surface area contributed by atoms with Gasteiger partial charge in [0, 0.05) is 26.1 Å². The molecule has 0 fully saturated rings. The summed E-state index contributed by atoms with van der Waals surface area (Å²) >= 11 is 0. The zero-order valence-corrected chi connectivity index (χ0v) is 19.1. The molecule has 0 spiro atoms. The summed E-state index contributed by atoms with van der Waals surface area (Å²) in [4.78, 5) is 25.5. The third kappa shape index (κ3) is 6.63. The number of benzene rings is 2. The number of anilines is 1. The molecule has 3 N–H and O–H groups in total. The molecule has 0 saturated carbocycles. The number of nitrogens with one attached hydrogen (secondary N) is 1. The van der Waals surface area contributed by atoms with Crippen LogP contribution in [0, 0.1) is 0 Å². The van der Waals surface area contributed by atoms with Gasteiger partial charge in [0.2, 0.25) is 5.91 Å². The number of fused-ring (bicyclic) bond motifs is 1. The quantitative estimate of drug-likeness (QED) is 0.511. The number of hydrogen-bond donors (Lipinski definition) is 2. The molecule has 1 heterocycles. The highest BCUT2D eigenvalue weighted by atomic mass is 19.4. The SMILES string of the molecule is CC(=O)N1CCc2cc(CC(C)NCCOc3ccccc3OCC(F)(F)F)cc(C(N)=O)c21. The third-order valence-corrected chi connectivity index (χ3v) is 5.40. The van der Waals surface area contributed by atoms with E-state index >= 15 is 0 Å². The summed E-state index contributed by atoms with van der Waals surface area (Å²) in [7, 11) is 0. The lowest BCUT2D eigenvalue weighted by atomic mass is 9.98. The van der Waals surface area contributed by atoms with Gasteiger partial charge in [-0.2, -0.15) is 13.2 Å². The number of amides is 2. The van der Waals surface area contributed by atoms with Crippen LogP contribution in [0.1, 0.15) is 35.3 Å². The molecule has 7 nitrogen and oxygen atoms in total. The van der Waals surface area contributed by atoms with Crippen LogP contribution in [0.15, 0.2) is 36.4 Å². The largest absolute Gasteiger partial charge is 0.488 e. The Morgan fingerprint density at radius 2 is 1.85 bits per heavy atom. The Labute approximate surface area is 196 Å². The van der Waals surface area contributed by atoms with Crippen molar-refractivity contribution >= 4 is 17.5 Å². The monoisotopic (exact) mass is 479 g/mol. The highest BCUT2D eigenvalue weighted by Gasteiger charge is 2.29. The summed E-state index contributed by atoms with van der Waals surface area (Å²) in [6.45, 7) is 3.23. The minimum absolute atomic E-state index is 0.0180. The molecule has 1 atom stereocenters. The molecule has 1 aliphatic heterocycles. The molecule has 1 aliphatic rings. The molecule has 0 bridgehead atoms. The van der Waals surface area contributed by atoms with Gasteiger partial charge in [0.05, 0.1) is 11.3 Å². The van der Waals surface area contributed by atoms with E-state index in [1.165, 1.54) is 13.0 Å². The summed E-state index contributed by atoms with van der Waals surface area (Å²) in [6.07, 6.45) is -3.16. The predicted molar refractivity (Wildman–Crippen MR) is 121 cm³/mol. The van der Waals surface area contributed by atoms with Gasteiger partial charge in [-0.1, -0.05) is 18.2 Å². The van der Waals surface area contributed by atoms with Crippen LogP contribution in [-0.2, 0) is 17.6 Å². The molecular formula is C24H28F3N3O4. The van der Waals surface area contributed by atoms with Crippen molar-refractivity contribution in [1.82, 2.24) is 5.32 Å². The molecule has 10 heteroatoms.